The van der Waals surface area contributed by atoms with Crippen LogP contribution in [0.3, 0.4) is 0 Å². The number of aliphatic carboxylic acids is 1. The zero-order valence-electron chi connectivity index (χ0n) is 15.2. The van der Waals surface area contributed by atoms with Crippen molar-refractivity contribution in [3.8, 4) is 0 Å². The Hall–Kier alpha value is -1.88. The summed E-state index contributed by atoms with van der Waals surface area (Å²) in [5.41, 5.74) is 1.34. The van der Waals surface area contributed by atoms with Gasteiger partial charge in [-0.2, -0.15) is 0 Å². The second-order valence-corrected chi connectivity index (χ2v) is 7.42. The van der Waals surface area contributed by atoms with E-state index in [1.807, 2.05) is 38.1 Å². The number of carboxylic acid groups (broad SMARTS) is 1. The Bertz CT molecular complexity index is 591. The summed E-state index contributed by atoms with van der Waals surface area (Å²) >= 11 is 0. The van der Waals surface area contributed by atoms with Crippen LogP contribution in [0.15, 0.2) is 24.3 Å². The molecule has 0 aromatic heterocycles. The summed E-state index contributed by atoms with van der Waals surface area (Å²) in [6.45, 7) is 4.47. The molecule has 1 aliphatic rings. The van der Waals surface area contributed by atoms with Gasteiger partial charge in [0, 0.05) is 12.1 Å². The second kappa shape index (κ2) is 8.99. The Balaban J connectivity index is 1.98. The Morgan fingerprint density at radius 1 is 1.20 bits per heavy atom. The van der Waals surface area contributed by atoms with Gasteiger partial charge >= 0.3 is 5.97 Å². The van der Waals surface area contributed by atoms with Gasteiger partial charge in [-0.3, -0.25) is 9.59 Å². The molecule has 2 N–H and O–H groups in total. The fourth-order valence-electron chi connectivity index (χ4n) is 3.59. The van der Waals surface area contributed by atoms with Gasteiger partial charge in [0.2, 0.25) is 5.91 Å². The van der Waals surface area contributed by atoms with E-state index in [4.69, 9.17) is 4.74 Å². The summed E-state index contributed by atoms with van der Waals surface area (Å²) in [5, 5.41) is 12.2. The maximum absolute atomic E-state index is 12.5. The summed E-state index contributed by atoms with van der Waals surface area (Å²) in [6.07, 6.45) is 5.26. The third-order valence-electron chi connectivity index (χ3n) is 4.77. The van der Waals surface area contributed by atoms with Crippen molar-refractivity contribution in [2.75, 3.05) is 5.32 Å². The zero-order valence-corrected chi connectivity index (χ0v) is 15.2. The van der Waals surface area contributed by atoms with Crippen molar-refractivity contribution in [2.45, 2.75) is 71.5 Å². The van der Waals surface area contributed by atoms with E-state index in [1.54, 1.807) is 0 Å². The van der Waals surface area contributed by atoms with Gasteiger partial charge in [0.05, 0.1) is 19.1 Å². The third kappa shape index (κ3) is 6.50. The van der Waals surface area contributed by atoms with E-state index in [2.05, 4.69) is 5.32 Å². The highest BCUT2D eigenvalue weighted by molar-refractivity contribution is 5.91. The molecule has 1 aliphatic carbocycles. The van der Waals surface area contributed by atoms with E-state index in [-0.39, 0.29) is 24.9 Å². The lowest BCUT2D eigenvalue weighted by molar-refractivity contribution is -0.140. The minimum Gasteiger partial charge on any atom is -0.481 e. The molecule has 0 radical (unpaired) electrons. The smallest absolute Gasteiger partial charge is 0.303 e. The molecule has 0 heterocycles. The molecule has 1 saturated carbocycles. The minimum absolute atomic E-state index is 0.0721. The molecule has 1 aromatic carbocycles. The molecule has 1 amide bonds. The van der Waals surface area contributed by atoms with E-state index in [1.165, 1.54) is 0 Å². The second-order valence-electron chi connectivity index (χ2n) is 7.42. The first-order valence-corrected chi connectivity index (χ1v) is 9.11. The number of hydrogen-bond acceptors (Lipinski definition) is 3. The summed E-state index contributed by atoms with van der Waals surface area (Å²) in [4.78, 5) is 23.7. The van der Waals surface area contributed by atoms with Crippen molar-refractivity contribution in [1.82, 2.24) is 0 Å². The Kier molecular flexibility index (Phi) is 7.00. The van der Waals surface area contributed by atoms with Gasteiger partial charge in [0.1, 0.15) is 0 Å². The van der Waals surface area contributed by atoms with Gasteiger partial charge in [-0.05, 0) is 49.8 Å². The highest BCUT2D eigenvalue weighted by Crippen LogP contribution is 2.42. The molecule has 0 saturated heterocycles. The van der Waals surface area contributed by atoms with Crippen LogP contribution in [0.4, 0.5) is 5.69 Å². The van der Waals surface area contributed by atoms with Crippen molar-refractivity contribution < 1.29 is 19.4 Å². The monoisotopic (exact) mass is 347 g/mol. The van der Waals surface area contributed by atoms with Crippen LogP contribution in [0.5, 0.6) is 0 Å². The largest absolute Gasteiger partial charge is 0.481 e. The lowest BCUT2D eigenvalue weighted by Gasteiger charge is -2.35. The molecular weight excluding hydrogens is 318 g/mol. The topological polar surface area (TPSA) is 75.6 Å². The van der Waals surface area contributed by atoms with Gasteiger partial charge < -0.3 is 15.2 Å². The quantitative estimate of drug-likeness (QED) is 0.732. The summed E-state index contributed by atoms with van der Waals surface area (Å²) < 4.78 is 5.59. The summed E-state index contributed by atoms with van der Waals surface area (Å²) in [5.74, 6) is -0.924. The van der Waals surface area contributed by atoms with Crippen molar-refractivity contribution in [3.05, 3.63) is 29.8 Å². The maximum Gasteiger partial charge on any atom is 0.303 e. The zero-order chi connectivity index (χ0) is 18.3. The number of nitrogens with one attached hydrogen (secondary N) is 1. The van der Waals surface area contributed by atoms with E-state index in [0.717, 1.165) is 43.4 Å². The van der Waals surface area contributed by atoms with Crippen LogP contribution in [0.25, 0.3) is 0 Å². The van der Waals surface area contributed by atoms with E-state index < -0.39 is 11.4 Å². The molecule has 138 valence electrons. The molecule has 5 heteroatoms. The molecule has 0 bridgehead atoms. The lowest BCUT2D eigenvalue weighted by Crippen LogP contribution is -2.32. The first-order valence-electron chi connectivity index (χ1n) is 9.11. The summed E-state index contributed by atoms with van der Waals surface area (Å²) in [7, 11) is 0. The molecular formula is C20H29NO4. The highest BCUT2D eigenvalue weighted by Gasteiger charge is 2.36. The van der Waals surface area contributed by atoms with Gasteiger partial charge in [0.15, 0.2) is 0 Å². The first-order chi connectivity index (χ1) is 11.9. The highest BCUT2D eigenvalue weighted by atomic mass is 16.5. The van der Waals surface area contributed by atoms with Crippen LogP contribution >= 0.6 is 0 Å². The first kappa shape index (κ1) is 19.4. The number of anilines is 1. The minimum atomic E-state index is -0.817. The molecule has 0 unspecified atom stereocenters. The third-order valence-corrected chi connectivity index (χ3v) is 4.77. The van der Waals surface area contributed by atoms with Gasteiger partial charge in [-0.15, -0.1) is 0 Å². The van der Waals surface area contributed by atoms with Crippen molar-refractivity contribution in [3.63, 3.8) is 0 Å². The average Bonchev–Trinajstić information content (AvgIpc) is 2.53. The van der Waals surface area contributed by atoms with Crippen LogP contribution in [0.2, 0.25) is 0 Å². The van der Waals surface area contributed by atoms with Crippen LogP contribution in [-0.2, 0) is 20.9 Å². The predicted octanol–water partition coefficient (Wildman–Crippen LogP) is 4.37. The number of carbonyl (C=O) groups is 2. The molecule has 25 heavy (non-hydrogen) atoms. The van der Waals surface area contributed by atoms with Crippen LogP contribution in [0.1, 0.15) is 64.4 Å². The number of rotatable bonds is 8. The average molecular weight is 347 g/mol. The van der Waals surface area contributed by atoms with E-state index >= 15 is 0 Å². The number of carbonyl (C=O) groups excluding carboxylic acids is 1. The lowest BCUT2D eigenvalue weighted by atomic mass is 9.69. The number of carboxylic acids is 1. The fourth-order valence-corrected chi connectivity index (χ4v) is 3.59. The Morgan fingerprint density at radius 3 is 2.56 bits per heavy atom. The number of benzene rings is 1. The Labute approximate surface area is 149 Å². The molecule has 2 rings (SSSR count). The fraction of sp³-hybridized carbons (Fsp3) is 0.600. The SMILES string of the molecule is CC(C)OCc1cccc(NC(=O)CC2(CC(=O)O)CCCCC2)c1. The van der Waals surface area contributed by atoms with Crippen LogP contribution in [0, 0.1) is 5.41 Å². The van der Waals surface area contributed by atoms with Crippen LogP contribution in [-0.4, -0.2) is 23.1 Å². The Morgan fingerprint density at radius 2 is 1.92 bits per heavy atom. The number of ether oxygens (including phenoxy) is 1. The van der Waals surface area contributed by atoms with Gasteiger partial charge in [0.25, 0.3) is 0 Å². The molecule has 0 spiro atoms. The molecule has 1 fully saturated rings. The number of hydrogen-bond donors (Lipinski definition) is 2. The standard InChI is InChI=1S/C20H29NO4/c1-15(2)25-14-16-7-6-8-17(11-16)21-18(22)12-20(13-19(23)24)9-4-3-5-10-20/h6-8,11,15H,3-5,9-10,12-14H2,1-2H3,(H,21,22)(H,23,24). The molecule has 5 nitrogen and oxygen atoms in total. The normalized spacial score (nSPS) is 16.6. The van der Waals surface area contributed by atoms with Crippen molar-refractivity contribution >= 4 is 17.6 Å². The van der Waals surface area contributed by atoms with E-state index in [9.17, 15) is 14.7 Å². The van der Waals surface area contributed by atoms with Crippen molar-refractivity contribution in [1.29, 1.82) is 0 Å². The van der Waals surface area contributed by atoms with E-state index in [0.29, 0.717) is 6.61 Å². The van der Waals surface area contributed by atoms with Gasteiger partial charge in [-0.1, -0.05) is 31.4 Å². The predicted molar refractivity (Wildman–Crippen MR) is 97.4 cm³/mol. The molecule has 0 aliphatic heterocycles. The van der Waals surface area contributed by atoms with Crippen molar-refractivity contribution in [2.24, 2.45) is 5.41 Å². The summed E-state index contributed by atoms with van der Waals surface area (Å²) in [6, 6.07) is 7.61. The molecule has 1 aromatic rings. The number of amides is 1. The molecule has 0 atom stereocenters. The van der Waals surface area contributed by atoms with Crippen LogP contribution < -0.4 is 5.32 Å². The van der Waals surface area contributed by atoms with Gasteiger partial charge in [-0.25, -0.2) is 0 Å². The maximum atomic E-state index is 12.5.